The molecule has 2 amide bonds. The van der Waals surface area contributed by atoms with Gasteiger partial charge in [-0.2, -0.15) is 0 Å². The summed E-state index contributed by atoms with van der Waals surface area (Å²) in [5, 5.41) is 0. The predicted octanol–water partition coefficient (Wildman–Crippen LogP) is 1.01. The summed E-state index contributed by atoms with van der Waals surface area (Å²) >= 11 is 0. The molecular weight excluding hydrogens is 303 g/mol. The number of halogens is 1. The number of nitrogens with zero attached hydrogens (tertiary/aromatic N) is 2. The van der Waals surface area contributed by atoms with Crippen LogP contribution >= 0.6 is 0 Å². The van der Waals surface area contributed by atoms with Gasteiger partial charge in [0.1, 0.15) is 17.1 Å². The zero-order valence-electron chi connectivity index (χ0n) is 12.8. The van der Waals surface area contributed by atoms with E-state index < -0.39 is 17.4 Å². The number of hydrogen-bond acceptors (Lipinski definition) is 4. The first kappa shape index (κ1) is 14.4. The van der Waals surface area contributed by atoms with Gasteiger partial charge in [-0.1, -0.05) is 6.07 Å². The summed E-state index contributed by atoms with van der Waals surface area (Å²) in [4.78, 5) is 28.4. The van der Waals surface area contributed by atoms with Crippen LogP contribution in [0.1, 0.15) is 23.2 Å². The number of rotatable bonds is 2. The van der Waals surface area contributed by atoms with Crippen LogP contribution in [0.3, 0.4) is 0 Å². The molecule has 0 radical (unpaired) electrons. The van der Waals surface area contributed by atoms with Crippen molar-refractivity contribution in [1.29, 1.82) is 0 Å². The van der Waals surface area contributed by atoms with Crippen molar-refractivity contribution in [1.82, 2.24) is 9.80 Å². The van der Waals surface area contributed by atoms with Gasteiger partial charge in [0.05, 0.1) is 26.2 Å². The number of carbonyl (C=O) groups is 2. The zero-order valence-corrected chi connectivity index (χ0v) is 12.8. The van der Waals surface area contributed by atoms with E-state index in [0.717, 1.165) is 0 Å². The lowest BCUT2D eigenvalue weighted by Crippen LogP contribution is -2.48. The number of hydrogen-bond donors (Lipinski definition) is 0. The molecule has 3 heterocycles. The molecule has 3 fully saturated rings. The fraction of sp³-hybridized carbons (Fsp3) is 0.500. The molecule has 3 aliphatic rings. The highest BCUT2D eigenvalue weighted by Crippen LogP contribution is 2.46. The van der Waals surface area contributed by atoms with Crippen LogP contribution in [-0.2, 0) is 9.53 Å². The molecule has 4 rings (SSSR count). The van der Waals surface area contributed by atoms with Crippen molar-refractivity contribution in [2.45, 2.75) is 24.6 Å². The maximum atomic E-state index is 14.2. The Morgan fingerprint density at radius 2 is 2.26 bits per heavy atom. The highest BCUT2D eigenvalue weighted by Gasteiger charge is 2.63. The average Bonchev–Trinajstić information content (AvgIpc) is 3.18. The summed E-state index contributed by atoms with van der Waals surface area (Å²) in [5.41, 5.74) is -0.804. The fourth-order valence-electron chi connectivity index (χ4n) is 4.06. The van der Waals surface area contributed by atoms with Gasteiger partial charge >= 0.3 is 0 Å². The van der Waals surface area contributed by atoms with E-state index in [4.69, 9.17) is 9.47 Å². The van der Waals surface area contributed by atoms with E-state index in [1.54, 1.807) is 15.9 Å². The standard InChI is InChI=1S/C16H17FN2O4/c1-22-11-4-2-3-10(17)14(11)15(21)18-6-5-16-12(18)9-13(20)19(16)7-8-23-16/h2-4,12H,5-9H2,1H3/t12-,16+/m1/s1. The molecule has 0 aromatic heterocycles. The Balaban J connectivity index is 1.70. The molecular formula is C16H17FN2O4. The molecule has 122 valence electrons. The van der Waals surface area contributed by atoms with E-state index >= 15 is 0 Å². The summed E-state index contributed by atoms with van der Waals surface area (Å²) in [6, 6.07) is 3.92. The molecule has 0 aliphatic carbocycles. The molecule has 0 saturated carbocycles. The van der Waals surface area contributed by atoms with Crippen molar-refractivity contribution in [3.05, 3.63) is 29.6 Å². The van der Waals surface area contributed by atoms with Gasteiger partial charge in [0.15, 0.2) is 5.72 Å². The largest absolute Gasteiger partial charge is 0.496 e. The first-order valence-electron chi connectivity index (χ1n) is 7.66. The van der Waals surface area contributed by atoms with Crippen LogP contribution in [0.2, 0.25) is 0 Å². The van der Waals surface area contributed by atoms with Gasteiger partial charge in [0, 0.05) is 19.5 Å². The Hall–Kier alpha value is -2.15. The predicted molar refractivity (Wildman–Crippen MR) is 77.4 cm³/mol. The minimum Gasteiger partial charge on any atom is -0.496 e. The van der Waals surface area contributed by atoms with Crippen LogP contribution in [0.15, 0.2) is 18.2 Å². The topological polar surface area (TPSA) is 59.1 Å². The van der Waals surface area contributed by atoms with Gasteiger partial charge in [0.2, 0.25) is 5.91 Å². The quantitative estimate of drug-likeness (QED) is 0.816. The Labute approximate surface area is 132 Å². The summed E-state index contributed by atoms with van der Waals surface area (Å²) < 4.78 is 25.2. The van der Waals surface area contributed by atoms with Crippen LogP contribution in [0.5, 0.6) is 5.75 Å². The lowest BCUT2D eigenvalue weighted by atomic mass is 10.1. The first-order valence-corrected chi connectivity index (χ1v) is 7.66. The molecule has 3 aliphatic heterocycles. The number of benzene rings is 1. The maximum absolute atomic E-state index is 14.2. The Bertz CT molecular complexity index is 695. The third-order valence-electron chi connectivity index (χ3n) is 5.07. The maximum Gasteiger partial charge on any atom is 0.261 e. The Kier molecular flexibility index (Phi) is 3.09. The van der Waals surface area contributed by atoms with Crippen LogP contribution < -0.4 is 4.74 Å². The number of carbonyl (C=O) groups excluding carboxylic acids is 2. The van der Waals surface area contributed by atoms with Gasteiger partial charge < -0.3 is 19.3 Å². The van der Waals surface area contributed by atoms with Crippen LogP contribution in [0, 0.1) is 5.82 Å². The smallest absolute Gasteiger partial charge is 0.261 e. The summed E-state index contributed by atoms with van der Waals surface area (Å²) in [6.45, 7) is 1.47. The third kappa shape index (κ3) is 1.83. The number of amides is 2. The molecule has 0 unspecified atom stereocenters. The van der Waals surface area contributed by atoms with Crippen LogP contribution in [0.4, 0.5) is 4.39 Å². The fourth-order valence-corrected chi connectivity index (χ4v) is 4.06. The van der Waals surface area contributed by atoms with E-state index in [2.05, 4.69) is 0 Å². The zero-order chi connectivity index (χ0) is 16.2. The van der Waals surface area contributed by atoms with Crippen molar-refractivity contribution in [2.75, 3.05) is 26.8 Å². The van der Waals surface area contributed by atoms with Gasteiger partial charge in [0.25, 0.3) is 5.91 Å². The second-order valence-corrected chi connectivity index (χ2v) is 6.02. The molecule has 0 N–H and O–H groups in total. The van der Waals surface area contributed by atoms with Gasteiger partial charge in [-0.25, -0.2) is 4.39 Å². The second-order valence-electron chi connectivity index (χ2n) is 6.02. The number of likely N-dealkylation sites (tertiary alicyclic amines) is 1. The third-order valence-corrected chi connectivity index (χ3v) is 5.07. The number of methoxy groups -OCH3 is 1. The Morgan fingerprint density at radius 1 is 1.43 bits per heavy atom. The van der Waals surface area contributed by atoms with E-state index in [1.807, 2.05) is 0 Å². The van der Waals surface area contributed by atoms with E-state index in [9.17, 15) is 14.0 Å². The molecule has 1 aromatic carbocycles. The minimum atomic E-state index is -0.717. The lowest BCUT2D eigenvalue weighted by molar-refractivity contribution is -0.136. The molecule has 3 saturated heterocycles. The molecule has 6 nitrogen and oxygen atoms in total. The molecule has 1 spiro atoms. The number of ether oxygens (including phenoxy) is 2. The van der Waals surface area contributed by atoms with Crippen LogP contribution in [-0.4, -0.2) is 60.2 Å². The van der Waals surface area contributed by atoms with Crippen molar-refractivity contribution >= 4 is 11.8 Å². The summed E-state index contributed by atoms with van der Waals surface area (Å²) in [7, 11) is 1.40. The highest BCUT2D eigenvalue weighted by molar-refractivity contribution is 5.98. The molecule has 2 atom stereocenters. The monoisotopic (exact) mass is 320 g/mol. The van der Waals surface area contributed by atoms with Crippen molar-refractivity contribution in [2.24, 2.45) is 0 Å². The van der Waals surface area contributed by atoms with Crippen molar-refractivity contribution < 1.29 is 23.5 Å². The van der Waals surface area contributed by atoms with E-state index in [1.165, 1.54) is 19.2 Å². The first-order chi connectivity index (χ1) is 11.1. The van der Waals surface area contributed by atoms with E-state index in [-0.39, 0.29) is 29.7 Å². The van der Waals surface area contributed by atoms with Crippen molar-refractivity contribution in [3.8, 4) is 5.75 Å². The average molecular weight is 320 g/mol. The van der Waals surface area contributed by atoms with Crippen molar-refractivity contribution in [3.63, 3.8) is 0 Å². The molecule has 7 heteroatoms. The van der Waals surface area contributed by atoms with Gasteiger partial charge in [-0.05, 0) is 12.1 Å². The molecule has 23 heavy (non-hydrogen) atoms. The Morgan fingerprint density at radius 3 is 3.04 bits per heavy atom. The summed E-state index contributed by atoms with van der Waals surface area (Å²) in [6.07, 6.45) is 0.786. The highest BCUT2D eigenvalue weighted by atomic mass is 19.1. The van der Waals surface area contributed by atoms with Gasteiger partial charge in [-0.3, -0.25) is 9.59 Å². The summed E-state index contributed by atoms with van der Waals surface area (Å²) in [5.74, 6) is -0.884. The second kappa shape index (κ2) is 4.92. The SMILES string of the molecule is COc1cccc(F)c1C(=O)N1CC[C@@]23OCCN2C(=O)C[C@@H]13. The lowest BCUT2D eigenvalue weighted by Gasteiger charge is -2.31. The molecule has 0 bridgehead atoms. The van der Waals surface area contributed by atoms with Crippen LogP contribution in [0.25, 0.3) is 0 Å². The van der Waals surface area contributed by atoms with E-state index in [0.29, 0.717) is 26.1 Å². The normalized spacial score (nSPS) is 29.0. The minimum absolute atomic E-state index is 0.00880. The molecule has 1 aromatic rings. The van der Waals surface area contributed by atoms with Gasteiger partial charge in [-0.15, -0.1) is 0 Å².